The second-order valence-electron chi connectivity index (χ2n) is 6.23. The molecule has 8 heteroatoms. The third kappa shape index (κ3) is 3.36. The molecule has 0 bridgehead atoms. The van der Waals surface area contributed by atoms with Gasteiger partial charge in [-0.05, 0) is 31.5 Å². The normalized spacial score (nSPS) is 13.0. The van der Waals surface area contributed by atoms with Crippen molar-refractivity contribution in [3.8, 4) is 11.5 Å². The molecular weight excluding hydrogens is 354 g/mol. The number of rotatable bonds is 3. The number of amides is 1. The smallest absolute Gasteiger partial charge is 0.276 e. The number of aromatic nitrogens is 3. The van der Waals surface area contributed by atoms with Crippen LogP contribution in [0.4, 0.5) is 5.69 Å². The summed E-state index contributed by atoms with van der Waals surface area (Å²) in [5, 5.41) is 13.3. The number of carbonyl (C=O) groups excluding carboxylic acids is 1. The van der Waals surface area contributed by atoms with Gasteiger partial charge in [0.2, 0.25) is 5.89 Å². The van der Waals surface area contributed by atoms with Crippen molar-refractivity contribution in [3.05, 3.63) is 52.7 Å². The highest BCUT2D eigenvalue weighted by molar-refractivity contribution is 6.04. The fourth-order valence-corrected chi connectivity index (χ4v) is 3.01. The third-order valence-corrected chi connectivity index (χ3v) is 4.37. The molecule has 0 radical (unpaired) electrons. The van der Waals surface area contributed by atoms with Gasteiger partial charge in [-0.1, -0.05) is 6.07 Å². The van der Waals surface area contributed by atoms with Gasteiger partial charge >= 0.3 is 0 Å². The number of oxazole rings is 1. The van der Waals surface area contributed by atoms with Crippen LogP contribution in [-0.2, 0) is 13.0 Å². The summed E-state index contributed by atoms with van der Waals surface area (Å²) in [7, 11) is 0. The van der Waals surface area contributed by atoms with Crippen molar-refractivity contribution in [2.24, 2.45) is 0 Å². The molecule has 0 spiro atoms. The molecule has 7 nitrogen and oxygen atoms in total. The van der Waals surface area contributed by atoms with E-state index in [-0.39, 0.29) is 18.3 Å². The highest BCUT2D eigenvalue weighted by Gasteiger charge is 2.22. The Morgan fingerprint density at radius 3 is 2.92 bits per heavy atom. The average molecular weight is 374 g/mol. The fraction of sp³-hybridized carbons (Fsp3) is 0.278. The molecule has 136 valence electrons. The van der Waals surface area contributed by atoms with E-state index in [0.29, 0.717) is 23.8 Å². The van der Waals surface area contributed by atoms with Crippen molar-refractivity contribution in [2.45, 2.75) is 26.8 Å². The lowest BCUT2D eigenvalue weighted by Gasteiger charge is -2.13. The molecule has 0 aliphatic carbocycles. The zero-order chi connectivity index (χ0) is 17.4. The first-order valence-corrected chi connectivity index (χ1v) is 8.23. The van der Waals surface area contributed by atoms with E-state index in [2.05, 4.69) is 25.8 Å². The van der Waals surface area contributed by atoms with E-state index in [4.69, 9.17) is 4.42 Å². The fourth-order valence-electron chi connectivity index (χ4n) is 3.01. The van der Waals surface area contributed by atoms with Gasteiger partial charge < -0.3 is 15.1 Å². The standard InChI is InChI=1S/C18H19N5O2.ClH/c1-10-3-4-12(7-13(10)18-20-11(2)9-25-18)21-17(24)16-14-8-19-6-5-15(14)22-23-16;/h3-4,7,9,19H,5-6,8H2,1-2H3,(H,21,24)(H,22,23);1H. The first-order valence-electron chi connectivity index (χ1n) is 8.23. The number of nitrogens with zero attached hydrogens (tertiary/aromatic N) is 2. The van der Waals surface area contributed by atoms with Gasteiger partial charge in [0.15, 0.2) is 5.69 Å². The van der Waals surface area contributed by atoms with Crippen LogP contribution in [0, 0.1) is 13.8 Å². The van der Waals surface area contributed by atoms with Crippen LogP contribution in [0.3, 0.4) is 0 Å². The van der Waals surface area contributed by atoms with Gasteiger partial charge in [0.25, 0.3) is 5.91 Å². The monoisotopic (exact) mass is 373 g/mol. The third-order valence-electron chi connectivity index (χ3n) is 4.37. The number of halogens is 1. The second-order valence-corrected chi connectivity index (χ2v) is 6.23. The number of benzene rings is 1. The van der Waals surface area contributed by atoms with Crippen molar-refractivity contribution in [2.75, 3.05) is 11.9 Å². The molecule has 2 aromatic heterocycles. The largest absolute Gasteiger partial charge is 0.444 e. The Hall–Kier alpha value is -2.64. The number of hydrogen-bond donors (Lipinski definition) is 3. The molecule has 3 N–H and O–H groups in total. The minimum absolute atomic E-state index is 0. The number of hydrogen-bond acceptors (Lipinski definition) is 5. The topological polar surface area (TPSA) is 95.8 Å². The summed E-state index contributed by atoms with van der Waals surface area (Å²) in [6, 6.07) is 5.67. The van der Waals surface area contributed by atoms with Crippen LogP contribution in [0.1, 0.15) is 33.0 Å². The Labute approximate surface area is 157 Å². The SMILES string of the molecule is Cc1coc(-c2cc(NC(=O)c3n[nH]c4c3CNCC4)ccc2C)n1.Cl. The maximum Gasteiger partial charge on any atom is 0.276 e. The van der Waals surface area contributed by atoms with Crippen molar-refractivity contribution >= 4 is 24.0 Å². The zero-order valence-corrected chi connectivity index (χ0v) is 15.4. The molecule has 0 atom stereocenters. The van der Waals surface area contributed by atoms with Gasteiger partial charge in [-0.25, -0.2) is 4.98 Å². The van der Waals surface area contributed by atoms with E-state index < -0.39 is 0 Å². The van der Waals surface area contributed by atoms with Gasteiger partial charge in [-0.3, -0.25) is 9.89 Å². The minimum atomic E-state index is -0.223. The quantitative estimate of drug-likeness (QED) is 0.655. The Morgan fingerprint density at radius 2 is 2.15 bits per heavy atom. The molecular formula is C18H20ClN5O2. The summed E-state index contributed by atoms with van der Waals surface area (Å²) < 4.78 is 5.49. The maximum atomic E-state index is 12.6. The predicted molar refractivity (Wildman–Crippen MR) is 101 cm³/mol. The molecule has 1 aliphatic rings. The predicted octanol–water partition coefficient (Wildman–Crippen LogP) is 3.00. The van der Waals surface area contributed by atoms with Crippen LogP contribution in [0.5, 0.6) is 0 Å². The average Bonchev–Trinajstić information content (AvgIpc) is 3.23. The van der Waals surface area contributed by atoms with Gasteiger partial charge in [-0.2, -0.15) is 5.10 Å². The lowest BCUT2D eigenvalue weighted by molar-refractivity contribution is 0.102. The Kier molecular flexibility index (Phi) is 5.11. The van der Waals surface area contributed by atoms with E-state index >= 15 is 0 Å². The van der Waals surface area contributed by atoms with Crippen molar-refractivity contribution in [1.29, 1.82) is 0 Å². The summed E-state index contributed by atoms with van der Waals surface area (Å²) in [5.74, 6) is 0.326. The number of aromatic amines is 1. The first-order chi connectivity index (χ1) is 12.1. The van der Waals surface area contributed by atoms with E-state index in [1.54, 1.807) is 6.26 Å². The molecule has 26 heavy (non-hydrogen) atoms. The van der Waals surface area contributed by atoms with E-state index in [1.807, 2.05) is 32.0 Å². The number of fused-ring (bicyclic) bond motifs is 1. The summed E-state index contributed by atoms with van der Waals surface area (Å²) in [6.45, 7) is 5.41. The number of nitrogens with one attached hydrogen (secondary N) is 3. The van der Waals surface area contributed by atoms with E-state index in [0.717, 1.165) is 41.0 Å². The minimum Gasteiger partial charge on any atom is -0.444 e. The Bertz CT molecular complexity index is 947. The highest BCUT2D eigenvalue weighted by Crippen LogP contribution is 2.26. The molecule has 4 rings (SSSR count). The lowest BCUT2D eigenvalue weighted by atomic mass is 10.1. The van der Waals surface area contributed by atoms with Crippen LogP contribution in [0.15, 0.2) is 28.9 Å². The summed E-state index contributed by atoms with van der Waals surface area (Å²) in [6.07, 6.45) is 2.47. The Morgan fingerprint density at radius 1 is 1.31 bits per heavy atom. The van der Waals surface area contributed by atoms with Crippen LogP contribution >= 0.6 is 12.4 Å². The first kappa shape index (κ1) is 18.2. The molecule has 1 amide bonds. The van der Waals surface area contributed by atoms with Gasteiger partial charge in [0, 0.05) is 42.0 Å². The molecule has 3 aromatic rings. The summed E-state index contributed by atoms with van der Waals surface area (Å²) >= 11 is 0. The van der Waals surface area contributed by atoms with Gasteiger partial charge in [0.05, 0.1) is 5.69 Å². The van der Waals surface area contributed by atoms with Gasteiger partial charge in [0.1, 0.15) is 6.26 Å². The summed E-state index contributed by atoms with van der Waals surface area (Å²) in [5.41, 5.74) is 5.80. The maximum absolute atomic E-state index is 12.6. The molecule has 0 unspecified atom stereocenters. The molecule has 0 saturated heterocycles. The van der Waals surface area contributed by atoms with Gasteiger partial charge in [-0.15, -0.1) is 12.4 Å². The summed E-state index contributed by atoms with van der Waals surface area (Å²) in [4.78, 5) is 17.0. The second kappa shape index (κ2) is 7.31. The zero-order valence-electron chi connectivity index (χ0n) is 14.5. The molecule has 0 saturated carbocycles. The number of carbonyl (C=O) groups is 1. The highest BCUT2D eigenvalue weighted by atomic mass is 35.5. The van der Waals surface area contributed by atoms with Crippen molar-refractivity contribution in [1.82, 2.24) is 20.5 Å². The van der Waals surface area contributed by atoms with Crippen LogP contribution in [0.25, 0.3) is 11.5 Å². The molecule has 1 aromatic carbocycles. The van der Waals surface area contributed by atoms with E-state index in [9.17, 15) is 4.79 Å². The molecule has 1 aliphatic heterocycles. The van der Waals surface area contributed by atoms with Crippen LogP contribution in [0.2, 0.25) is 0 Å². The van der Waals surface area contributed by atoms with E-state index in [1.165, 1.54) is 0 Å². The number of aryl methyl sites for hydroxylation is 2. The lowest BCUT2D eigenvalue weighted by Crippen LogP contribution is -2.25. The number of H-pyrrole nitrogens is 1. The van der Waals surface area contributed by atoms with Crippen LogP contribution in [-0.4, -0.2) is 27.6 Å². The Balaban J connectivity index is 0.00000196. The van der Waals surface area contributed by atoms with Crippen molar-refractivity contribution < 1.29 is 9.21 Å². The molecule has 0 fully saturated rings. The van der Waals surface area contributed by atoms with Crippen molar-refractivity contribution in [3.63, 3.8) is 0 Å². The van der Waals surface area contributed by atoms with Crippen LogP contribution < -0.4 is 10.6 Å². The molecule has 3 heterocycles. The number of anilines is 1.